The van der Waals surface area contributed by atoms with Crippen molar-refractivity contribution in [1.82, 2.24) is 9.62 Å². The Labute approximate surface area is 133 Å². The number of carbonyl (C=O) groups is 1. The van der Waals surface area contributed by atoms with Crippen LogP contribution in [0.3, 0.4) is 0 Å². The van der Waals surface area contributed by atoms with Gasteiger partial charge in [0.25, 0.3) is 5.91 Å². The number of hydrogen-bond donors (Lipinski definition) is 1. The molecule has 2 bridgehead atoms. The molecular formula is C16H28N2O3S. The minimum Gasteiger partial charge on any atom is -0.309 e. The Hall–Kier alpha value is -0.620. The summed E-state index contributed by atoms with van der Waals surface area (Å²) >= 11 is 0. The molecule has 1 spiro atoms. The summed E-state index contributed by atoms with van der Waals surface area (Å²) in [4.78, 5) is 12.9. The van der Waals surface area contributed by atoms with Gasteiger partial charge in [-0.05, 0) is 43.6 Å². The summed E-state index contributed by atoms with van der Waals surface area (Å²) in [6.07, 6.45) is 2.87. The molecule has 1 amide bonds. The predicted octanol–water partition coefficient (Wildman–Crippen LogP) is 1.60. The van der Waals surface area contributed by atoms with Crippen molar-refractivity contribution < 1.29 is 13.2 Å². The average Bonchev–Trinajstić information content (AvgIpc) is 2.85. The Bertz CT molecular complexity index is 599. The highest BCUT2D eigenvalue weighted by Gasteiger charge is 2.72. The fraction of sp³-hybridized carbons (Fsp3) is 0.938. The van der Waals surface area contributed by atoms with Crippen LogP contribution in [0.4, 0.5) is 0 Å². The Morgan fingerprint density at radius 2 is 1.95 bits per heavy atom. The minimum atomic E-state index is -3.51. The summed E-state index contributed by atoms with van der Waals surface area (Å²) in [6, 6.07) is -0.569. The molecule has 4 atom stereocenters. The van der Waals surface area contributed by atoms with Crippen molar-refractivity contribution in [3.63, 3.8) is 0 Å². The lowest BCUT2D eigenvalue weighted by molar-refractivity contribution is -0.132. The fourth-order valence-electron chi connectivity index (χ4n) is 5.46. The molecule has 1 aliphatic heterocycles. The number of hydrogen-bond acceptors (Lipinski definition) is 4. The van der Waals surface area contributed by atoms with Crippen LogP contribution in [0.5, 0.6) is 0 Å². The minimum absolute atomic E-state index is 0.00668. The van der Waals surface area contributed by atoms with E-state index in [1.54, 1.807) is 7.05 Å². The summed E-state index contributed by atoms with van der Waals surface area (Å²) in [5.41, 5.74) is -0.228. The van der Waals surface area contributed by atoms with Crippen molar-refractivity contribution in [1.29, 1.82) is 0 Å². The Morgan fingerprint density at radius 1 is 1.32 bits per heavy atom. The van der Waals surface area contributed by atoms with E-state index in [0.717, 1.165) is 19.3 Å². The quantitative estimate of drug-likeness (QED) is 0.854. The van der Waals surface area contributed by atoms with Crippen molar-refractivity contribution >= 4 is 15.9 Å². The molecule has 1 N–H and O–H groups in total. The van der Waals surface area contributed by atoms with Gasteiger partial charge in [-0.2, -0.15) is 0 Å². The normalized spacial score (nSPS) is 39.3. The van der Waals surface area contributed by atoms with E-state index in [1.165, 1.54) is 4.31 Å². The highest BCUT2D eigenvalue weighted by Crippen LogP contribution is 2.70. The van der Waals surface area contributed by atoms with Gasteiger partial charge in [-0.3, -0.25) is 4.79 Å². The van der Waals surface area contributed by atoms with E-state index in [2.05, 4.69) is 19.2 Å². The van der Waals surface area contributed by atoms with E-state index < -0.39 is 16.1 Å². The molecule has 6 heteroatoms. The van der Waals surface area contributed by atoms with Gasteiger partial charge in [-0.15, -0.1) is 0 Å². The number of rotatable bonds is 3. The number of nitrogens with zero attached hydrogens (tertiary/aromatic N) is 1. The number of carbonyl (C=O) groups excluding carboxylic acids is 1. The second-order valence-corrected chi connectivity index (χ2v) is 10.1. The molecule has 0 unspecified atom stereocenters. The van der Waals surface area contributed by atoms with Gasteiger partial charge in [0.2, 0.25) is 10.0 Å². The number of nitrogens with one attached hydrogen (secondary N) is 1. The van der Waals surface area contributed by atoms with E-state index in [9.17, 15) is 13.2 Å². The first-order valence-corrected chi connectivity index (χ1v) is 9.92. The van der Waals surface area contributed by atoms with Crippen LogP contribution < -0.4 is 5.32 Å². The standard InChI is InChI=1S/C16H28N2O3S/c1-10(2)13(17-5)14(19)18-12-8-11-6-7-16(12,15(11,3)4)9-22(18,20)21/h10-13,17H,6-9H2,1-5H3/t11-,12-,13-,16-/m0/s1. The summed E-state index contributed by atoms with van der Waals surface area (Å²) in [7, 11) is -1.78. The van der Waals surface area contributed by atoms with Crippen molar-refractivity contribution in [3.05, 3.63) is 0 Å². The summed E-state index contributed by atoms with van der Waals surface area (Å²) in [5.74, 6) is 0.489. The molecule has 3 fully saturated rings. The monoisotopic (exact) mass is 328 g/mol. The largest absolute Gasteiger partial charge is 0.309 e. The molecule has 0 aromatic rings. The molecule has 0 radical (unpaired) electrons. The Balaban J connectivity index is 2.02. The number of likely N-dealkylation sites (N-methyl/N-ethyl adjacent to an activating group) is 1. The Morgan fingerprint density at radius 3 is 2.45 bits per heavy atom. The molecule has 3 aliphatic rings. The Kier molecular flexibility index (Phi) is 3.47. The van der Waals surface area contributed by atoms with Crippen LogP contribution in [0.15, 0.2) is 0 Å². The van der Waals surface area contributed by atoms with Crippen LogP contribution in [0, 0.1) is 22.7 Å². The van der Waals surface area contributed by atoms with Gasteiger partial charge in [-0.1, -0.05) is 27.7 Å². The summed E-state index contributed by atoms with van der Waals surface area (Å²) in [5, 5.41) is 3.00. The smallest absolute Gasteiger partial charge is 0.253 e. The van der Waals surface area contributed by atoms with E-state index in [1.807, 2.05) is 13.8 Å². The lowest BCUT2D eigenvalue weighted by atomic mass is 9.69. The van der Waals surface area contributed by atoms with E-state index in [0.29, 0.717) is 5.92 Å². The highest BCUT2D eigenvalue weighted by atomic mass is 32.2. The van der Waals surface area contributed by atoms with Gasteiger partial charge in [-0.25, -0.2) is 12.7 Å². The second-order valence-electron chi connectivity index (χ2n) is 8.27. The zero-order valence-corrected chi connectivity index (χ0v) is 15.0. The zero-order chi connectivity index (χ0) is 16.5. The third-order valence-electron chi connectivity index (χ3n) is 6.87. The fourth-order valence-corrected chi connectivity index (χ4v) is 8.02. The van der Waals surface area contributed by atoms with Crippen molar-refractivity contribution in [2.24, 2.45) is 22.7 Å². The first kappa shape index (κ1) is 16.2. The number of fused-ring (bicyclic) bond motifs is 1. The molecule has 2 saturated carbocycles. The summed E-state index contributed by atoms with van der Waals surface area (Å²) in [6.45, 7) is 8.29. The molecule has 22 heavy (non-hydrogen) atoms. The van der Waals surface area contributed by atoms with Crippen molar-refractivity contribution in [3.8, 4) is 0 Å². The van der Waals surface area contributed by atoms with Gasteiger partial charge in [0.15, 0.2) is 0 Å². The van der Waals surface area contributed by atoms with Crippen LogP contribution in [-0.4, -0.2) is 43.5 Å². The number of sulfonamides is 1. The maximum absolute atomic E-state index is 12.9. The second kappa shape index (κ2) is 4.69. The molecule has 126 valence electrons. The van der Waals surface area contributed by atoms with E-state index in [4.69, 9.17) is 0 Å². The van der Waals surface area contributed by atoms with E-state index in [-0.39, 0.29) is 34.4 Å². The lowest BCUT2D eigenvalue weighted by Crippen LogP contribution is -2.52. The van der Waals surface area contributed by atoms with Gasteiger partial charge in [0.05, 0.1) is 17.8 Å². The first-order chi connectivity index (χ1) is 10.1. The maximum atomic E-state index is 12.9. The predicted molar refractivity (Wildman–Crippen MR) is 85.7 cm³/mol. The van der Waals surface area contributed by atoms with Crippen LogP contribution in [-0.2, 0) is 14.8 Å². The molecule has 2 aliphatic carbocycles. The molecule has 0 aromatic heterocycles. The molecule has 5 nitrogen and oxygen atoms in total. The molecule has 1 heterocycles. The molecule has 1 saturated heterocycles. The van der Waals surface area contributed by atoms with Crippen LogP contribution in [0.1, 0.15) is 47.0 Å². The van der Waals surface area contributed by atoms with Gasteiger partial charge >= 0.3 is 0 Å². The van der Waals surface area contributed by atoms with Crippen molar-refractivity contribution in [2.45, 2.75) is 59.0 Å². The zero-order valence-electron chi connectivity index (χ0n) is 14.2. The summed E-state index contributed by atoms with van der Waals surface area (Å²) < 4.78 is 26.9. The van der Waals surface area contributed by atoms with Crippen molar-refractivity contribution in [2.75, 3.05) is 12.8 Å². The average molecular weight is 328 g/mol. The highest BCUT2D eigenvalue weighted by molar-refractivity contribution is 7.90. The lowest BCUT2D eigenvalue weighted by Gasteiger charge is -2.37. The third-order valence-corrected chi connectivity index (χ3v) is 8.79. The molecular weight excluding hydrogens is 300 g/mol. The van der Waals surface area contributed by atoms with E-state index >= 15 is 0 Å². The van der Waals surface area contributed by atoms with Crippen LogP contribution in [0.2, 0.25) is 0 Å². The maximum Gasteiger partial charge on any atom is 0.253 e. The molecule has 3 rings (SSSR count). The third kappa shape index (κ3) is 1.80. The first-order valence-electron chi connectivity index (χ1n) is 8.32. The SMILES string of the molecule is CN[C@H](C(=O)N1[C@H]2C[C@@H]3CC[C@@]2(CS1(=O)=O)C3(C)C)C(C)C. The van der Waals surface area contributed by atoms with Gasteiger partial charge in [0, 0.05) is 5.41 Å². The van der Waals surface area contributed by atoms with Gasteiger partial charge in [0.1, 0.15) is 0 Å². The topological polar surface area (TPSA) is 66.5 Å². The molecule has 0 aromatic carbocycles. The van der Waals surface area contributed by atoms with Crippen LogP contribution >= 0.6 is 0 Å². The number of amides is 1. The van der Waals surface area contributed by atoms with Gasteiger partial charge < -0.3 is 5.32 Å². The van der Waals surface area contributed by atoms with Crippen LogP contribution in [0.25, 0.3) is 0 Å².